The molecule has 3 heteroatoms. The summed E-state index contributed by atoms with van der Waals surface area (Å²) >= 11 is 3.50. The maximum absolute atomic E-state index is 5.88. The number of rotatable bonds is 3. The zero-order valence-electron chi connectivity index (χ0n) is 9.36. The zero-order chi connectivity index (χ0) is 11.7. The summed E-state index contributed by atoms with van der Waals surface area (Å²) < 4.78 is 12.1. The van der Waals surface area contributed by atoms with Crippen LogP contribution in [0.3, 0.4) is 0 Å². The average Bonchev–Trinajstić information content (AvgIpc) is 2.27. The molecule has 0 radical (unpaired) electrons. The summed E-state index contributed by atoms with van der Waals surface area (Å²) in [5, 5.41) is 2.36. The summed E-state index contributed by atoms with van der Waals surface area (Å²) in [7, 11) is 0. The van der Waals surface area contributed by atoms with Crippen LogP contribution in [0.4, 0.5) is 0 Å². The lowest BCUT2D eigenvalue weighted by Crippen LogP contribution is -2.32. The highest BCUT2D eigenvalue weighted by molar-refractivity contribution is 9.10. The largest absolute Gasteiger partial charge is 0.492 e. The molecule has 0 spiro atoms. The molecular formula is C14H13BrO2. The van der Waals surface area contributed by atoms with E-state index in [1.54, 1.807) is 0 Å². The van der Waals surface area contributed by atoms with E-state index < -0.39 is 0 Å². The summed E-state index contributed by atoms with van der Waals surface area (Å²) in [5.41, 5.74) is 0. The molecule has 2 nitrogen and oxygen atoms in total. The molecule has 0 amide bonds. The Balaban J connectivity index is 1.88. The third kappa shape index (κ3) is 2.31. The van der Waals surface area contributed by atoms with Gasteiger partial charge in [-0.2, -0.15) is 0 Å². The molecule has 3 rings (SSSR count). The van der Waals surface area contributed by atoms with Crippen LogP contribution in [0.15, 0.2) is 40.9 Å². The monoisotopic (exact) mass is 292 g/mol. The van der Waals surface area contributed by atoms with Gasteiger partial charge in [-0.05, 0) is 23.6 Å². The summed E-state index contributed by atoms with van der Waals surface area (Å²) in [4.78, 5) is 0. The highest BCUT2D eigenvalue weighted by Gasteiger charge is 2.19. The smallest absolute Gasteiger partial charge is 0.127 e. The molecule has 1 heterocycles. The lowest BCUT2D eigenvalue weighted by Gasteiger charge is -2.26. The van der Waals surface area contributed by atoms with Crippen LogP contribution >= 0.6 is 15.9 Å². The van der Waals surface area contributed by atoms with Gasteiger partial charge in [0.15, 0.2) is 0 Å². The first-order valence-corrected chi connectivity index (χ1v) is 6.51. The van der Waals surface area contributed by atoms with Gasteiger partial charge in [-0.25, -0.2) is 0 Å². The molecule has 0 atom stereocenters. The Morgan fingerprint density at radius 3 is 2.88 bits per heavy atom. The van der Waals surface area contributed by atoms with Crippen molar-refractivity contribution in [2.24, 2.45) is 5.92 Å². The molecule has 0 aliphatic carbocycles. The summed E-state index contributed by atoms with van der Waals surface area (Å²) in [6, 6.07) is 12.4. The van der Waals surface area contributed by atoms with E-state index in [1.807, 2.05) is 18.2 Å². The van der Waals surface area contributed by atoms with E-state index in [4.69, 9.17) is 9.47 Å². The highest BCUT2D eigenvalue weighted by atomic mass is 79.9. The van der Waals surface area contributed by atoms with Crippen molar-refractivity contribution in [1.82, 2.24) is 0 Å². The molecule has 1 saturated heterocycles. The van der Waals surface area contributed by atoms with Gasteiger partial charge in [-0.1, -0.05) is 34.1 Å². The maximum Gasteiger partial charge on any atom is 0.127 e. The fourth-order valence-corrected chi connectivity index (χ4v) is 2.29. The van der Waals surface area contributed by atoms with Crippen molar-refractivity contribution in [3.8, 4) is 5.75 Å². The molecule has 0 N–H and O–H groups in total. The van der Waals surface area contributed by atoms with Crippen LogP contribution in [0.1, 0.15) is 0 Å². The molecule has 0 bridgehead atoms. The van der Waals surface area contributed by atoms with Gasteiger partial charge in [0.1, 0.15) is 5.75 Å². The quantitative estimate of drug-likeness (QED) is 0.860. The number of benzene rings is 2. The molecule has 0 aromatic heterocycles. The Kier molecular flexibility index (Phi) is 3.04. The first-order chi connectivity index (χ1) is 8.33. The Labute approximate surface area is 109 Å². The van der Waals surface area contributed by atoms with E-state index >= 15 is 0 Å². The third-order valence-corrected chi connectivity index (χ3v) is 3.48. The minimum atomic E-state index is 0.553. The van der Waals surface area contributed by atoms with E-state index in [-0.39, 0.29) is 0 Å². The van der Waals surface area contributed by atoms with Crippen LogP contribution in [0.25, 0.3) is 10.8 Å². The minimum absolute atomic E-state index is 0.553. The SMILES string of the molecule is Brc1ccc2cccc(OCC3COC3)c2c1. The second-order valence-electron chi connectivity index (χ2n) is 4.34. The van der Waals surface area contributed by atoms with Crippen LogP contribution in [-0.2, 0) is 4.74 Å². The van der Waals surface area contributed by atoms with Crippen molar-refractivity contribution in [2.45, 2.75) is 0 Å². The Hall–Kier alpha value is -1.06. The normalized spacial score (nSPS) is 15.8. The van der Waals surface area contributed by atoms with Gasteiger partial charge in [-0.15, -0.1) is 0 Å². The lowest BCUT2D eigenvalue weighted by molar-refractivity contribution is -0.0506. The minimum Gasteiger partial charge on any atom is -0.492 e. The molecule has 17 heavy (non-hydrogen) atoms. The van der Waals surface area contributed by atoms with E-state index in [9.17, 15) is 0 Å². The molecule has 1 fully saturated rings. The Bertz CT molecular complexity index is 535. The first-order valence-electron chi connectivity index (χ1n) is 5.72. The van der Waals surface area contributed by atoms with Crippen molar-refractivity contribution < 1.29 is 9.47 Å². The topological polar surface area (TPSA) is 18.5 Å². The second-order valence-corrected chi connectivity index (χ2v) is 5.25. The van der Waals surface area contributed by atoms with Crippen molar-refractivity contribution >= 4 is 26.7 Å². The molecule has 1 aliphatic rings. The van der Waals surface area contributed by atoms with Gasteiger partial charge in [0.25, 0.3) is 0 Å². The van der Waals surface area contributed by atoms with Gasteiger partial charge >= 0.3 is 0 Å². The van der Waals surface area contributed by atoms with Gasteiger partial charge in [-0.3, -0.25) is 0 Å². The average molecular weight is 293 g/mol. The number of hydrogen-bond donors (Lipinski definition) is 0. The van der Waals surface area contributed by atoms with Gasteiger partial charge in [0, 0.05) is 15.8 Å². The summed E-state index contributed by atoms with van der Waals surface area (Å²) in [6.45, 7) is 2.40. The maximum atomic E-state index is 5.88. The summed E-state index contributed by atoms with van der Waals surface area (Å²) in [5.74, 6) is 1.51. The van der Waals surface area contributed by atoms with Crippen molar-refractivity contribution in [1.29, 1.82) is 0 Å². The van der Waals surface area contributed by atoms with Gasteiger partial charge in [0.2, 0.25) is 0 Å². The third-order valence-electron chi connectivity index (χ3n) is 2.99. The van der Waals surface area contributed by atoms with Crippen molar-refractivity contribution in [3.63, 3.8) is 0 Å². The molecule has 0 unspecified atom stereocenters. The Morgan fingerprint density at radius 1 is 1.24 bits per heavy atom. The summed E-state index contributed by atoms with van der Waals surface area (Å²) in [6.07, 6.45) is 0. The molecule has 2 aromatic rings. The van der Waals surface area contributed by atoms with Crippen LogP contribution in [-0.4, -0.2) is 19.8 Å². The predicted octanol–water partition coefficient (Wildman–Crippen LogP) is 3.63. The van der Waals surface area contributed by atoms with Crippen molar-refractivity contribution in [3.05, 3.63) is 40.9 Å². The van der Waals surface area contributed by atoms with Crippen LogP contribution in [0, 0.1) is 5.92 Å². The van der Waals surface area contributed by atoms with E-state index in [1.165, 1.54) is 5.39 Å². The fraction of sp³-hybridized carbons (Fsp3) is 0.286. The highest BCUT2D eigenvalue weighted by Crippen LogP contribution is 2.29. The number of fused-ring (bicyclic) bond motifs is 1. The van der Waals surface area contributed by atoms with Crippen LogP contribution in [0.5, 0.6) is 5.75 Å². The number of ether oxygens (including phenoxy) is 2. The Morgan fingerprint density at radius 2 is 2.12 bits per heavy atom. The second kappa shape index (κ2) is 4.67. The molecular weight excluding hydrogens is 280 g/mol. The van der Waals surface area contributed by atoms with Crippen LogP contribution in [0.2, 0.25) is 0 Å². The van der Waals surface area contributed by atoms with E-state index in [0.717, 1.165) is 35.4 Å². The molecule has 0 saturated carbocycles. The van der Waals surface area contributed by atoms with E-state index in [0.29, 0.717) is 5.92 Å². The van der Waals surface area contributed by atoms with Crippen molar-refractivity contribution in [2.75, 3.05) is 19.8 Å². The molecule has 88 valence electrons. The fourth-order valence-electron chi connectivity index (χ4n) is 1.93. The van der Waals surface area contributed by atoms with Gasteiger partial charge in [0.05, 0.1) is 19.8 Å². The molecule has 1 aliphatic heterocycles. The zero-order valence-corrected chi connectivity index (χ0v) is 10.9. The van der Waals surface area contributed by atoms with E-state index in [2.05, 4.69) is 34.1 Å². The first kappa shape index (κ1) is 11.1. The molecule has 2 aromatic carbocycles. The lowest BCUT2D eigenvalue weighted by atomic mass is 10.1. The van der Waals surface area contributed by atoms with Crippen LogP contribution < -0.4 is 4.74 Å². The number of hydrogen-bond acceptors (Lipinski definition) is 2. The van der Waals surface area contributed by atoms with Gasteiger partial charge < -0.3 is 9.47 Å². The standard InChI is InChI=1S/C14H13BrO2/c15-12-5-4-11-2-1-3-14(13(11)6-12)17-9-10-7-16-8-10/h1-6,10H,7-9H2. The number of halogens is 1. The predicted molar refractivity (Wildman–Crippen MR) is 71.5 cm³/mol.